The van der Waals surface area contributed by atoms with Crippen molar-refractivity contribution in [3.05, 3.63) is 77.6 Å². The summed E-state index contributed by atoms with van der Waals surface area (Å²) in [7, 11) is 1.26. The van der Waals surface area contributed by atoms with Gasteiger partial charge in [0.05, 0.1) is 19.9 Å². The van der Waals surface area contributed by atoms with Crippen molar-refractivity contribution in [2.75, 3.05) is 7.11 Å². The molecule has 37 heavy (non-hydrogen) atoms. The number of benzene rings is 2. The van der Waals surface area contributed by atoms with Crippen LogP contribution in [0.4, 0.5) is 4.79 Å². The van der Waals surface area contributed by atoms with E-state index in [1.807, 2.05) is 6.07 Å². The Kier molecular flexibility index (Phi) is 9.20. The second kappa shape index (κ2) is 12.5. The van der Waals surface area contributed by atoms with E-state index in [1.54, 1.807) is 75.5 Å². The molecule has 1 unspecified atom stereocenters. The van der Waals surface area contributed by atoms with Gasteiger partial charge in [-0.05, 0) is 50.6 Å². The maximum absolute atomic E-state index is 12.1. The third-order valence-corrected chi connectivity index (χ3v) is 4.96. The van der Waals surface area contributed by atoms with Crippen molar-refractivity contribution >= 4 is 18.0 Å². The largest absolute Gasteiger partial charge is 0.471 e. The van der Waals surface area contributed by atoms with Crippen molar-refractivity contribution in [3.8, 4) is 5.75 Å². The van der Waals surface area contributed by atoms with E-state index < -0.39 is 23.7 Å². The molecule has 0 saturated heterocycles. The molecule has 0 aliphatic carbocycles. The van der Waals surface area contributed by atoms with Gasteiger partial charge in [-0.15, -0.1) is 5.10 Å². The molecule has 1 heterocycles. The number of alkyl carbamates (subject to hydrolysis) is 1. The summed E-state index contributed by atoms with van der Waals surface area (Å²) in [5.74, 6) is -0.191. The third kappa shape index (κ3) is 8.95. The number of carbonyl (C=O) groups is 3. The monoisotopic (exact) mass is 509 g/mol. The highest BCUT2D eigenvalue weighted by Crippen LogP contribution is 2.15. The minimum atomic E-state index is -0.900. The molecule has 0 aliphatic heterocycles. The zero-order valence-corrected chi connectivity index (χ0v) is 21.3. The van der Waals surface area contributed by atoms with Crippen molar-refractivity contribution in [3.63, 3.8) is 0 Å². The molecule has 2 amide bonds. The van der Waals surface area contributed by atoms with Crippen molar-refractivity contribution in [1.82, 2.24) is 25.6 Å². The Labute approximate surface area is 215 Å². The second-order valence-electron chi connectivity index (χ2n) is 9.14. The predicted octanol–water partition coefficient (Wildman–Crippen LogP) is 2.85. The van der Waals surface area contributed by atoms with E-state index in [1.165, 1.54) is 11.8 Å². The standard InChI is InChI=1S/C26H31N5O6/c1-26(2,3)37-25(34)28-22(24(33)35-4)14-18-10-12-21(13-11-18)36-17-31-16-20(29-30-31)15-27-23(32)19-8-6-5-7-9-19/h5-13,16,22H,14-15,17H2,1-4H3,(H,27,32)(H,28,34). The quantitative estimate of drug-likeness (QED) is 0.399. The minimum absolute atomic E-state index is 0.115. The van der Waals surface area contributed by atoms with E-state index in [9.17, 15) is 14.4 Å². The zero-order valence-electron chi connectivity index (χ0n) is 21.3. The lowest BCUT2D eigenvalue weighted by Crippen LogP contribution is -2.45. The second-order valence-corrected chi connectivity index (χ2v) is 9.14. The van der Waals surface area contributed by atoms with Crippen molar-refractivity contribution < 1.29 is 28.6 Å². The Morgan fingerprint density at radius 3 is 2.38 bits per heavy atom. The highest BCUT2D eigenvalue weighted by atomic mass is 16.6. The smallest absolute Gasteiger partial charge is 0.408 e. The van der Waals surface area contributed by atoms with E-state index in [2.05, 4.69) is 20.9 Å². The molecule has 0 saturated carbocycles. The van der Waals surface area contributed by atoms with Gasteiger partial charge in [0.2, 0.25) is 0 Å². The number of rotatable bonds is 10. The van der Waals surface area contributed by atoms with Gasteiger partial charge in [0.15, 0.2) is 6.73 Å². The first-order valence-corrected chi connectivity index (χ1v) is 11.6. The van der Waals surface area contributed by atoms with Crippen LogP contribution in [-0.4, -0.2) is 51.7 Å². The summed E-state index contributed by atoms with van der Waals surface area (Å²) in [5.41, 5.74) is 1.26. The summed E-state index contributed by atoms with van der Waals surface area (Å²) in [6, 6.07) is 15.1. The predicted molar refractivity (Wildman–Crippen MR) is 134 cm³/mol. The number of methoxy groups -OCH3 is 1. The van der Waals surface area contributed by atoms with E-state index in [4.69, 9.17) is 14.2 Å². The van der Waals surface area contributed by atoms with Crippen LogP contribution in [0.2, 0.25) is 0 Å². The lowest BCUT2D eigenvalue weighted by Gasteiger charge is -2.22. The molecule has 0 aliphatic rings. The Bertz CT molecular complexity index is 1190. The van der Waals surface area contributed by atoms with E-state index in [-0.39, 0.29) is 25.6 Å². The molecule has 0 bridgehead atoms. The van der Waals surface area contributed by atoms with Crippen LogP contribution in [-0.2, 0) is 34.0 Å². The number of carbonyl (C=O) groups excluding carboxylic acids is 3. The summed E-state index contributed by atoms with van der Waals surface area (Å²) in [5, 5.41) is 13.4. The fraction of sp³-hybridized carbons (Fsp3) is 0.346. The number of hydrogen-bond donors (Lipinski definition) is 2. The number of aromatic nitrogens is 3. The van der Waals surface area contributed by atoms with E-state index in [0.29, 0.717) is 17.0 Å². The number of nitrogens with zero attached hydrogens (tertiary/aromatic N) is 3. The molecule has 11 nitrogen and oxygen atoms in total. The number of hydrogen-bond acceptors (Lipinski definition) is 8. The molecular weight excluding hydrogens is 478 g/mol. The van der Waals surface area contributed by atoms with Crippen LogP contribution >= 0.6 is 0 Å². The van der Waals surface area contributed by atoms with Crippen molar-refractivity contribution in [2.24, 2.45) is 0 Å². The van der Waals surface area contributed by atoms with Gasteiger partial charge in [-0.1, -0.05) is 35.5 Å². The first-order valence-electron chi connectivity index (χ1n) is 11.6. The molecule has 3 aromatic rings. The summed E-state index contributed by atoms with van der Waals surface area (Å²) in [4.78, 5) is 36.4. The van der Waals surface area contributed by atoms with E-state index in [0.717, 1.165) is 5.56 Å². The van der Waals surface area contributed by atoms with Crippen LogP contribution in [0.3, 0.4) is 0 Å². The normalized spacial score (nSPS) is 11.8. The van der Waals surface area contributed by atoms with Crippen LogP contribution in [0, 0.1) is 0 Å². The Balaban J connectivity index is 1.49. The zero-order chi connectivity index (χ0) is 26.8. The van der Waals surface area contributed by atoms with Crippen LogP contribution < -0.4 is 15.4 Å². The Morgan fingerprint density at radius 1 is 1.03 bits per heavy atom. The molecule has 3 rings (SSSR count). The van der Waals surface area contributed by atoms with Crippen LogP contribution in [0.5, 0.6) is 5.75 Å². The molecule has 0 fully saturated rings. The molecule has 2 N–H and O–H groups in total. The van der Waals surface area contributed by atoms with E-state index >= 15 is 0 Å². The lowest BCUT2D eigenvalue weighted by molar-refractivity contribution is -0.143. The summed E-state index contributed by atoms with van der Waals surface area (Å²) >= 11 is 0. The summed E-state index contributed by atoms with van der Waals surface area (Å²) < 4.78 is 17.3. The first kappa shape index (κ1) is 27.2. The SMILES string of the molecule is COC(=O)C(Cc1ccc(OCn2cc(CNC(=O)c3ccccc3)nn2)cc1)NC(=O)OC(C)(C)C. The third-order valence-electron chi connectivity index (χ3n) is 4.96. The number of ether oxygens (including phenoxy) is 3. The molecule has 1 atom stereocenters. The Morgan fingerprint density at radius 2 is 1.73 bits per heavy atom. The maximum Gasteiger partial charge on any atom is 0.408 e. The minimum Gasteiger partial charge on any atom is -0.471 e. The van der Waals surface area contributed by atoms with Crippen molar-refractivity contribution in [1.29, 1.82) is 0 Å². The molecule has 0 spiro atoms. The fourth-order valence-corrected chi connectivity index (χ4v) is 3.23. The Hall–Kier alpha value is -4.41. The van der Waals surface area contributed by atoms with Crippen LogP contribution in [0.1, 0.15) is 42.4 Å². The lowest BCUT2D eigenvalue weighted by atomic mass is 10.1. The van der Waals surface area contributed by atoms with Gasteiger partial charge in [0.1, 0.15) is 23.1 Å². The van der Waals surface area contributed by atoms with Crippen LogP contribution in [0.25, 0.3) is 0 Å². The van der Waals surface area contributed by atoms with Gasteiger partial charge in [0, 0.05) is 12.0 Å². The first-order chi connectivity index (χ1) is 17.6. The number of amides is 2. The van der Waals surface area contributed by atoms with Gasteiger partial charge < -0.3 is 24.8 Å². The average Bonchev–Trinajstić information content (AvgIpc) is 3.33. The number of nitrogens with one attached hydrogen (secondary N) is 2. The molecule has 1 aromatic heterocycles. The fourth-order valence-electron chi connectivity index (χ4n) is 3.23. The van der Waals surface area contributed by atoms with Crippen LogP contribution in [0.15, 0.2) is 60.8 Å². The van der Waals surface area contributed by atoms with Gasteiger partial charge in [-0.3, -0.25) is 4.79 Å². The van der Waals surface area contributed by atoms with Gasteiger partial charge >= 0.3 is 12.1 Å². The topological polar surface area (TPSA) is 134 Å². The highest BCUT2D eigenvalue weighted by Gasteiger charge is 2.25. The molecule has 11 heteroatoms. The van der Waals surface area contributed by atoms with Gasteiger partial charge in [-0.2, -0.15) is 0 Å². The molecule has 0 radical (unpaired) electrons. The average molecular weight is 510 g/mol. The summed E-state index contributed by atoms with van der Waals surface area (Å²) in [6.07, 6.45) is 1.20. The maximum atomic E-state index is 12.1. The van der Waals surface area contributed by atoms with Gasteiger partial charge in [0.25, 0.3) is 5.91 Å². The highest BCUT2D eigenvalue weighted by molar-refractivity contribution is 5.94. The van der Waals surface area contributed by atoms with Gasteiger partial charge in [-0.25, -0.2) is 14.3 Å². The molecule has 196 valence electrons. The molecule has 2 aromatic carbocycles. The molecular formula is C26H31N5O6. The number of esters is 1. The van der Waals surface area contributed by atoms with Crippen molar-refractivity contribution in [2.45, 2.75) is 52.1 Å². The summed E-state index contributed by atoms with van der Waals surface area (Å²) in [6.45, 7) is 5.57.